The Morgan fingerprint density at radius 3 is 2.31 bits per heavy atom. The maximum Gasteiger partial charge on any atom is 0.139 e. The van der Waals surface area contributed by atoms with Crippen molar-refractivity contribution in [3.63, 3.8) is 0 Å². The van der Waals surface area contributed by atoms with Crippen molar-refractivity contribution in [2.75, 3.05) is 0 Å². The highest BCUT2D eigenvalue weighted by Gasteiger charge is 2.44. The highest BCUT2D eigenvalue weighted by atomic mass is 35.5. The summed E-state index contributed by atoms with van der Waals surface area (Å²) >= 11 is 5.70. The molecular weight excluding hydrogens is 189 g/mol. The molecule has 1 aromatic rings. The molecule has 70 valence electrons. The Balaban J connectivity index is 2.22. The van der Waals surface area contributed by atoms with E-state index in [0.29, 0.717) is 23.4 Å². The lowest BCUT2D eigenvalue weighted by Crippen LogP contribution is -2.46. The van der Waals surface area contributed by atoms with Crippen molar-refractivity contribution >= 4 is 11.6 Å². The summed E-state index contributed by atoms with van der Waals surface area (Å²) in [5, 5.41) is 0.635. The van der Waals surface area contributed by atoms with Gasteiger partial charge in [0.25, 0.3) is 0 Å². The van der Waals surface area contributed by atoms with E-state index in [9.17, 15) is 4.39 Å². The third kappa shape index (κ3) is 1.56. The summed E-state index contributed by atoms with van der Waals surface area (Å²) in [6.45, 7) is 0. The molecule has 0 bridgehead atoms. The number of benzene rings is 1. The van der Waals surface area contributed by atoms with Crippen molar-refractivity contribution in [2.24, 2.45) is 5.73 Å². The highest BCUT2D eigenvalue weighted by molar-refractivity contribution is 6.30. The van der Waals surface area contributed by atoms with Gasteiger partial charge in [0.1, 0.15) is 5.67 Å². The van der Waals surface area contributed by atoms with E-state index in [1.807, 2.05) is 0 Å². The van der Waals surface area contributed by atoms with Crippen molar-refractivity contribution in [2.45, 2.75) is 24.6 Å². The fraction of sp³-hybridized carbons (Fsp3) is 0.400. The van der Waals surface area contributed by atoms with Crippen LogP contribution in [0, 0.1) is 0 Å². The molecule has 13 heavy (non-hydrogen) atoms. The summed E-state index contributed by atoms with van der Waals surface area (Å²) in [5.41, 5.74) is 5.04. The van der Waals surface area contributed by atoms with Crippen LogP contribution < -0.4 is 5.73 Å². The Hall–Kier alpha value is -0.600. The van der Waals surface area contributed by atoms with Crippen molar-refractivity contribution in [3.05, 3.63) is 34.9 Å². The standard InChI is InChI=1S/C10H11ClFN/c11-8-3-1-7(2-4-8)10(12)5-9(13)6-10/h1-4,9H,5-6,13H2. The molecule has 3 heteroatoms. The number of hydrogen-bond donors (Lipinski definition) is 1. The molecule has 1 fully saturated rings. The minimum atomic E-state index is -1.20. The molecule has 0 heterocycles. The van der Waals surface area contributed by atoms with Gasteiger partial charge in [0.15, 0.2) is 0 Å². The molecule has 0 spiro atoms. The predicted octanol–water partition coefficient (Wildman–Crippen LogP) is 2.63. The first-order chi connectivity index (χ1) is 6.10. The second kappa shape index (κ2) is 2.96. The monoisotopic (exact) mass is 199 g/mol. The summed E-state index contributed by atoms with van der Waals surface area (Å²) in [6.07, 6.45) is 0.850. The van der Waals surface area contributed by atoms with E-state index in [-0.39, 0.29) is 6.04 Å². The first-order valence-corrected chi connectivity index (χ1v) is 4.68. The second-order valence-electron chi connectivity index (χ2n) is 3.64. The normalized spacial score (nSPS) is 32.7. The average Bonchev–Trinajstić information content (AvgIpc) is 2.03. The molecule has 2 rings (SSSR count). The van der Waals surface area contributed by atoms with Crippen molar-refractivity contribution in [1.82, 2.24) is 0 Å². The topological polar surface area (TPSA) is 26.0 Å². The molecule has 0 aliphatic heterocycles. The number of alkyl halides is 1. The van der Waals surface area contributed by atoms with Gasteiger partial charge in [0.2, 0.25) is 0 Å². The van der Waals surface area contributed by atoms with Gasteiger partial charge in [0.05, 0.1) is 0 Å². The summed E-state index contributed by atoms with van der Waals surface area (Å²) in [4.78, 5) is 0. The molecule has 0 radical (unpaired) electrons. The zero-order chi connectivity index (χ0) is 9.47. The summed E-state index contributed by atoms with van der Waals surface area (Å²) in [6, 6.07) is 6.90. The van der Waals surface area contributed by atoms with Crippen LogP contribution >= 0.6 is 11.6 Å². The minimum absolute atomic E-state index is 0.0145. The molecule has 0 unspecified atom stereocenters. The number of hydrogen-bond acceptors (Lipinski definition) is 1. The zero-order valence-electron chi connectivity index (χ0n) is 7.13. The van der Waals surface area contributed by atoms with Crippen LogP contribution in [0.4, 0.5) is 4.39 Å². The van der Waals surface area contributed by atoms with Crippen LogP contribution in [0.15, 0.2) is 24.3 Å². The average molecular weight is 200 g/mol. The van der Waals surface area contributed by atoms with Crippen molar-refractivity contribution < 1.29 is 4.39 Å². The fourth-order valence-corrected chi connectivity index (χ4v) is 1.88. The zero-order valence-corrected chi connectivity index (χ0v) is 7.89. The molecule has 1 aliphatic carbocycles. The highest BCUT2D eigenvalue weighted by Crippen LogP contribution is 2.44. The van der Waals surface area contributed by atoms with Crippen LogP contribution in [0.5, 0.6) is 0 Å². The lowest BCUT2D eigenvalue weighted by Gasteiger charge is -2.39. The molecule has 1 aliphatic rings. The molecule has 0 aromatic heterocycles. The van der Waals surface area contributed by atoms with E-state index in [4.69, 9.17) is 17.3 Å². The van der Waals surface area contributed by atoms with Crippen LogP contribution in [0.3, 0.4) is 0 Å². The van der Waals surface area contributed by atoms with E-state index < -0.39 is 5.67 Å². The number of halogens is 2. The van der Waals surface area contributed by atoms with E-state index >= 15 is 0 Å². The van der Waals surface area contributed by atoms with Gasteiger partial charge in [0, 0.05) is 23.9 Å². The number of nitrogens with two attached hydrogens (primary N) is 1. The van der Waals surface area contributed by atoms with Crippen LogP contribution in [0.2, 0.25) is 5.02 Å². The second-order valence-corrected chi connectivity index (χ2v) is 4.08. The van der Waals surface area contributed by atoms with Crippen molar-refractivity contribution in [1.29, 1.82) is 0 Å². The van der Waals surface area contributed by atoms with Gasteiger partial charge in [-0.3, -0.25) is 0 Å². The van der Waals surface area contributed by atoms with Gasteiger partial charge < -0.3 is 5.73 Å². The lowest BCUT2D eigenvalue weighted by atomic mass is 9.73. The van der Waals surface area contributed by atoms with Gasteiger partial charge in [-0.25, -0.2) is 4.39 Å². The first kappa shape index (κ1) is 8.97. The van der Waals surface area contributed by atoms with Crippen LogP contribution in [0.25, 0.3) is 0 Å². The number of rotatable bonds is 1. The van der Waals surface area contributed by atoms with Crippen molar-refractivity contribution in [3.8, 4) is 0 Å². The largest absolute Gasteiger partial charge is 0.327 e. The molecule has 0 atom stereocenters. The maximum absolute atomic E-state index is 13.9. The molecule has 1 aromatic carbocycles. The molecule has 1 nitrogen and oxygen atoms in total. The van der Waals surface area contributed by atoms with Gasteiger partial charge in [-0.1, -0.05) is 23.7 Å². The molecule has 0 amide bonds. The Labute approximate surface area is 81.7 Å². The Morgan fingerprint density at radius 2 is 1.85 bits per heavy atom. The lowest BCUT2D eigenvalue weighted by molar-refractivity contribution is 0.0406. The predicted molar refractivity (Wildman–Crippen MR) is 51.4 cm³/mol. The van der Waals surface area contributed by atoms with Gasteiger partial charge in [-0.05, 0) is 17.7 Å². The Morgan fingerprint density at radius 1 is 1.31 bits per heavy atom. The Bertz CT molecular complexity index is 303. The summed E-state index contributed by atoms with van der Waals surface area (Å²) in [7, 11) is 0. The van der Waals surface area contributed by atoms with E-state index in [2.05, 4.69) is 0 Å². The van der Waals surface area contributed by atoms with Gasteiger partial charge >= 0.3 is 0 Å². The summed E-state index contributed by atoms with van der Waals surface area (Å²) < 4.78 is 13.9. The minimum Gasteiger partial charge on any atom is -0.327 e. The third-order valence-electron chi connectivity index (χ3n) is 2.53. The van der Waals surface area contributed by atoms with Gasteiger partial charge in [-0.15, -0.1) is 0 Å². The third-order valence-corrected chi connectivity index (χ3v) is 2.79. The first-order valence-electron chi connectivity index (χ1n) is 4.31. The van der Waals surface area contributed by atoms with E-state index in [1.165, 1.54) is 0 Å². The molecule has 2 N–H and O–H groups in total. The van der Waals surface area contributed by atoms with Crippen LogP contribution in [0.1, 0.15) is 18.4 Å². The summed E-state index contributed by atoms with van der Waals surface area (Å²) in [5.74, 6) is 0. The SMILES string of the molecule is NC1CC(F)(c2ccc(Cl)cc2)C1. The van der Waals surface area contributed by atoms with Gasteiger partial charge in [-0.2, -0.15) is 0 Å². The quantitative estimate of drug-likeness (QED) is 0.740. The molecule has 0 saturated heterocycles. The Kier molecular flexibility index (Phi) is 2.05. The van der Waals surface area contributed by atoms with Crippen LogP contribution in [-0.4, -0.2) is 6.04 Å². The smallest absolute Gasteiger partial charge is 0.139 e. The molecular formula is C10H11ClFN. The van der Waals surface area contributed by atoms with E-state index in [0.717, 1.165) is 0 Å². The van der Waals surface area contributed by atoms with Crippen LogP contribution in [-0.2, 0) is 5.67 Å². The fourth-order valence-electron chi connectivity index (χ4n) is 1.76. The molecule has 1 saturated carbocycles. The maximum atomic E-state index is 13.9. The van der Waals surface area contributed by atoms with E-state index in [1.54, 1.807) is 24.3 Å².